The number of methoxy groups -OCH3 is 1. The number of alkyl carbamates (subject to hydrolysis) is 1. The number of rotatable bonds is 7. The largest absolute Gasteiger partial charge is 0.491 e. The Balaban J connectivity index is 1.61. The molecule has 2 aliphatic rings. The fraction of sp³-hybridized carbons (Fsp3) is 0.571. The monoisotopic (exact) mass is 416 g/mol. The number of benzene rings is 1. The van der Waals surface area contributed by atoms with E-state index in [4.69, 9.17) is 19.5 Å². The molecule has 0 aromatic heterocycles. The third kappa shape index (κ3) is 5.33. The summed E-state index contributed by atoms with van der Waals surface area (Å²) < 4.78 is 15.8. The van der Waals surface area contributed by atoms with Crippen molar-refractivity contribution in [3.8, 4) is 11.8 Å². The van der Waals surface area contributed by atoms with Crippen molar-refractivity contribution in [1.29, 1.82) is 5.26 Å². The second-order valence-corrected chi connectivity index (χ2v) is 7.47. The SMILES string of the molecule is CCOC(=O)N1CC2CCC(C1)N2CC(COc1ccc(C#N)cc1)NC(=O)OC. The number of nitrogens with one attached hydrogen (secondary N) is 1. The normalized spacial score (nSPS) is 21.4. The molecule has 2 saturated heterocycles. The molecule has 2 fully saturated rings. The summed E-state index contributed by atoms with van der Waals surface area (Å²) in [4.78, 5) is 28.1. The fourth-order valence-electron chi connectivity index (χ4n) is 4.09. The summed E-state index contributed by atoms with van der Waals surface area (Å²) in [5, 5.41) is 11.7. The van der Waals surface area contributed by atoms with E-state index in [1.807, 2.05) is 0 Å². The molecule has 0 spiro atoms. The van der Waals surface area contributed by atoms with Gasteiger partial charge in [0.25, 0.3) is 0 Å². The summed E-state index contributed by atoms with van der Waals surface area (Å²) >= 11 is 0. The lowest BCUT2D eigenvalue weighted by atomic mass is 10.1. The van der Waals surface area contributed by atoms with Crippen LogP contribution in [0.2, 0.25) is 0 Å². The molecule has 0 radical (unpaired) electrons. The highest BCUT2D eigenvalue weighted by Crippen LogP contribution is 2.30. The van der Waals surface area contributed by atoms with Crippen molar-refractivity contribution in [2.75, 3.05) is 40.0 Å². The topological polar surface area (TPSA) is 104 Å². The van der Waals surface area contributed by atoms with Gasteiger partial charge in [0.1, 0.15) is 12.4 Å². The zero-order valence-electron chi connectivity index (χ0n) is 17.4. The molecule has 3 atom stereocenters. The van der Waals surface area contributed by atoms with Crippen molar-refractivity contribution in [2.45, 2.75) is 37.9 Å². The molecule has 9 nitrogen and oxygen atoms in total. The first-order chi connectivity index (χ1) is 14.5. The van der Waals surface area contributed by atoms with Gasteiger partial charge in [0.15, 0.2) is 0 Å². The van der Waals surface area contributed by atoms with Crippen molar-refractivity contribution in [1.82, 2.24) is 15.1 Å². The van der Waals surface area contributed by atoms with Gasteiger partial charge in [0.2, 0.25) is 0 Å². The van der Waals surface area contributed by atoms with Gasteiger partial charge < -0.3 is 24.4 Å². The molecule has 3 rings (SSSR count). The summed E-state index contributed by atoms with van der Waals surface area (Å²) in [6, 6.07) is 9.08. The van der Waals surface area contributed by atoms with Gasteiger partial charge in [0, 0.05) is 31.7 Å². The first-order valence-corrected chi connectivity index (χ1v) is 10.2. The number of likely N-dealkylation sites (tertiary alicyclic amines) is 1. The summed E-state index contributed by atoms with van der Waals surface area (Å²) in [6.07, 6.45) is 1.23. The Morgan fingerprint density at radius 1 is 1.23 bits per heavy atom. The number of hydrogen-bond acceptors (Lipinski definition) is 7. The third-order valence-electron chi connectivity index (χ3n) is 5.53. The van der Waals surface area contributed by atoms with Crippen LogP contribution in [0.3, 0.4) is 0 Å². The predicted octanol–water partition coefficient (Wildman–Crippen LogP) is 1.97. The zero-order chi connectivity index (χ0) is 21.5. The van der Waals surface area contributed by atoms with Gasteiger partial charge in [-0.15, -0.1) is 0 Å². The van der Waals surface area contributed by atoms with Crippen LogP contribution < -0.4 is 10.1 Å². The smallest absolute Gasteiger partial charge is 0.409 e. The number of carbonyl (C=O) groups is 2. The van der Waals surface area contributed by atoms with Crippen molar-refractivity contribution in [3.63, 3.8) is 0 Å². The Kier molecular flexibility index (Phi) is 7.36. The summed E-state index contributed by atoms with van der Waals surface area (Å²) in [5.74, 6) is 0.626. The van der Waals surface area contributed by atoms with Crippen molar-refractivity contribution < 1.29 is 23.8 Å². The van der Waals surface area contributed by atoms with Crippen LogP contribution in [0.1, 0.15) is 25.3 Å². The van der Waals surface area contributed by atoms with E-state index in [-0.39, 0.29) is 30.8 Å². The first kappa shape index (κ1) is 21.7. The molecule has 0 aliphatic carbocycles. The molecule has 2 heterocycles. The lowest BCUT2D eigenvalue weighted by Crippen LogP contribution is -2.59. The zero-order valence-corrected chi connectivity index (χ0v) is 17.4. The van der Waals surface area contributed by atoms with Crippen LogP contribution in [0.4, 0.5) is 9.59 Å². The number of piperazine rings is 1. The van der Waals surface area contributed by atoms with Crippen molar-refractivity contribution in [3.05, 3.63) is 29.8 Å². The molecule has 2 aliphatic heterocycles. The first-order valence-electron chi connectivity index (χ1n) is 10.2. The van der Waals surface area contributed by atoms with Gasteiger partial charge >= 0.3 is 12.2 Å². The standard InChI is InChI=1S/C21H28N4O5/c1-3-29-21(27)24-12-17-6-7-18(13-24)25(17)11-16(23-20(26)28-2)14-30-19-8-4-15(10-22)5-9-19/h4-5,8-9,16-18H,3,6-7,11-14H2,1-2H3,(H,23,26). The van der Waals surface area contributed by atoms with Gasteiger partial charge in [0.05, 0.1) is 31.4 Å². The lowest BCUT2D eigenvalue weighted by molar-refractivity contribution is 0.0399. The number of carbonyl (C=O) groups excluding carboxylic acids is 2. The Hall–Kier alpha value is -2.99. The third-order valence-corrected chi connectivity index (χ3v) is 5.53. The molecule has 1 aromatic rings. The van der Waals surface area contributed by atoms with E-state index in [1.165, 1.54) is 7.11 Å². The van der Waals surface area contributed by atoms with Crippen molar-refractivity contribution >= 4 is 12.2 Å². The van der Waals surface area contributed by atoms with Crippen molar-refractivity contribution in [2.24, 2.45) is 0 Å². The quantitative estimate of drug-likeness (QED) is 0.725. The van der Waals surface area contributed by atoms with Gasteiger partial charge in [-0.25, -0.2) is 9.59 Å². The van der Waals surface area contributed by atoms with Crippen LogP contribution in [0, 0.1) is 11.3 Å². The molecule has 162 valence electrons. The highest BCUT2D eigenvalue weighted by Gasteiger charge is 2.42. The lowest BCUT2D eigenvalue weighted by Gasteiger charge is -2.41. The van der Waals surface area contributed by atoms with Crippen LogP contribution >= 0.6 is 0 Å². The number of nitrogens with zero attached hydrogens (tertiary/aromatic N) is 3. The molecule has 3 unspecified atom stereocenters. The number of ether oxygens (including phenoxy) is 3. The summed E-state index contributed by atoms with van der Waals surface area (Å²) in [5.41, 5.74) is 0.558. The molecular formula is C21H28N4O5. The second-order valence-electron chi connectivity index (χ2n) is 7.47. The van der Waals surface area contributed by atoms with E-state index in [0.717, 1.165) is 12.8 Å². The highest BCUT2D eigenvalue weighted by atomic mass is 16.6. The summed E-state index contributed by atoms with van der Waals surface area (Å²) in [7, 11) is 1.33. The van der Waals surface area contributed by atoms with Crippen LogP contribution in [0.5, 0.6) is 5.75 Å². The average molecular weight is 416 g/mol. The minimum absolute atomic E-state index is 0.227. The van der Waals surface area contributed by atoms with E-state index < -0.39 is 6.09 Å². The minimum atomic E-state index is -0.513. The second kappa shape index (κ2) is 10.2. The molecule has 30 heavy (non-hydrogen) atoms. The minimum Gasteiger partial charge on any atom is -0.491 e. The fourth-order valence-corrected chi connectivity index (χ4v) is 4.09. The average Bonchev–Trinajstić information content (AvgIpc) is 2.98. The Bertz CT molecular complexity index is 765. The van der Waals surface area contributed by atoms with Gasteiger partial charge in [-0.2, -0.15) is 5.26 Å². The van der Waals surface area contributed by atoms with Gasteiger partial charge in [-0.3, -0.25) is 4.90 Å². The maximum atomic E-state index is 12.1. The van der Waals surface area contributed by atoms with Gasteiger partial charge in [-0.05, 0) is 44.0 Å². The summed E-state index contributed by atoms with van der Waals surface area (Å²) in [6.45, 7) is 4.27. The molecule has 2 bridgehead atoms. The highest BCUT2D eigenvalue weighted by molar-refractivity contribution is 5.68. The molecule has 9 heteroatoms. The van der Waals surface area contributed by atoms with Crippen LogP contribution in [0.25, 0.3) is 0 Å². The van der Waals surface area contributed by atoms with E-state index >= 15 is 0 Å². The van der Waals surface area contributed by atoms with Crippen LogP contribution in [-0.4, -0.2) is 80.1 Å². The maximum absolute atomic E-state index is 12.1. The Labute approximate surface area is 176 Å². The van der Waals surface area contributed by atoms with E-state index in [0.29, 0.717) is 37.6 Å². The number of hydrogen-bond donors (Lipinski definition) is 1. The predicted molar refractivity (Wildman–Crippen MR) is 108 cm³/mol. The maximum Gasteiger partial charge on any atom is 0.409 e. The number of fused-ring (bicyclic) bond motifs is 2. The molecule has 1 aromatic carbocycles. The van der Waals surface area contributed by atoms with Crippen LogP contribution in [-0.2, 0) is 9.47 Å². The van der Waals surface area contributed by atoms with Crippen LogP contribution in [0.15, 0.2) is 24.3 Å². The van der Waals surface area contributed by atoms with Gasteiger partial charge in [-0.1, -0.05) is 0 Å². The molecular weight excluding hydrogens is 388 g/mol. The van der Waals surface area contributed by atoms with E-state index in [2.05, 4.69) is 16.3 Å². The van der Waals surface area contributed by atoms with E-state index in [1.54, 1.807) is 36.1 Å². The number of nitriles is 1. The van der Waals surface area contributed by atoms with E-state index in [9.17, 15) is 9.59 Å². The molecule has 0 saturated carbocycles. The Morgan fingerprint density at radius 3 is 2.47 bits per heavy atom. The Morgan fingerprint density at radius 2 is 1.90 bits per heavy atom. The number of amides is 2. The molecule has 1 N–H and O–H groups in total. The molecule has 2 amide bonds.